The normalized spacial score (nSPS) is 16.7. The second-order valence-corrected chi connectivity index (χ2v) is 7.14. The third kappa shape index (κ3) is 3.49. The van der Waals surface area contributed by atoms with Crippen LogP contribution in [0.25, 0.3) is 0 Å². The van der Waals surface area contributed by atoms with Crippen LogP contribution in [0.5, 0.6) is 23.0 Å². The summed E-state index contributed by atoms with van der Waals surface area (Å²) in [6, 6.07) is 8.04. The first-order chi connectivity index (χ1) is 13.0. The topological polar surface area (TPSA) is 43.4 Å². The number of ether oxygens (including phenoxy) is 4. The van der Waals surface area contributed by atoms with Gasteiger partial charge in [0, 0.05) is 24.8 Å². The molecule has 2 aliphatic heterocycles. The highest BCUT2D eigenvalue weighted by Crippen LogP contribution is 2.39. The van der Waals surface area contributed by atoms with Gasteiger partial charge in [0.05, 0.1) is 6.67 Å². The molecule has 0 spiro atoms. The van der Waals surface area contributed by atoms with E-state index in [1.807, 2.05) is 32.0 Å². The summed E-state index contributed by atoms with van der Waals surface area (Å²) in [5, 5.41) is 0. The minimum absolute atomic E-state index is 0.0973. The SMILES string of the molecule is CCN1CN(C)Cc2cc3c(cc21)OCOc1cc(C)c(C)cc1OCO3. The molecule has 0 saturated carbocycles. The van der Waals surface area contributed by atoms with Crippen molar-refractivity contribution < 1.29 is 18.9 Å². The van der Waals surface area contributed by atoms with E-state index in [0.717, 1.165) is 30.9 Å². The van der Waals surface area contributed by atoms with Gasteiger partial charge in [0.25, 0.3) is 0 Å². The van der Waals surface area contributed by atoms with Crippen LogP contribution in [0, 0.1) is 13.8 Å². The summed E-state index contributed by atoms with van der Waals surface area (Å²) in [5.41, 5.74) is 4.69. The highest BCUT2D eigenvalue weighted by Gasteiger charge is 2.23. The fourth-order valence-corrected chi connectivity index (χ4v) is 3.52. The monoisotopic (exact) mass is 370 g/mol. The van der Waals surface area contributed by atoms with E-state index in [4.69, 9.17) is 18.9 Å². The smallest absolute Gasteiger partial charge is 0.231 e. The average molecular weight is 370 g/mol. The summed E-state index contributed by atoms with van der Waals surface area (Å²) in [5.74, 6) is 2.68. The standard InChI is InChI=1S/C21H26N2O4/c1-5-23-11-22(4)10-16-8-20-21(9-17(16)23)27-13-25-19-7-15(3)14(2)6-18(19)24-12-26-20/h6-9H,5,10-13H2,1-4H3. The van der Waals surface area contributed by atoms with Crippen molar-refractivity contribution in [1.29, 1.82) is 0 Å². The lowest BCUT2D eigenvalue weighted by atomic mass is 10.1. The summed E-state index contributed by atoms with van der Waals surface area (Å²) >= 11 is 0. The molecule has 0 radical (unpaired) electrons. The average Bonchev–Trinajstić information content (AvgIpc) is 2.64. The Morgan fingerprint density at radius 2 is 1.33 bits per heavy atom. The Hall–Kier alpha value is -2.60. The van der Waals surface area contributed by atoms with Gasteiger partial charge in [0.15, 0.2) is 23.0 Å². The molecule has 2 aromatic carbocycles. The predicted octanol–water partition coefficient (Wildman–Crippen LogP) is 3.68. The van der Waals surface area contributed by atoms with Crippen LogP contribution in [0.1, 0.15) is 23.6 Å². The summed E-state index contributed by atoms with van der Waals surface area (Å²) in [6.07, 6.45) is 0. The molecule has 2 aliphatic rings. The minimum Gasteiger partial charge on any atom is -0.454 e. The Bertz CT molecular complexity index is 853. The molecule has 2 heterocycles. The number of hydrogen-bond acceptors (Lipinski definition) is 6. The second-order valence-electron chi connectivity index (χ2n) is 7.14. The molecular formula is C21H26N2O4. The third-order valence-electron chi connectivity index (χ3n) is 5.14. The van der Waals surface area contributed by atoms with Crippen LogP contribution < -0.4 is 23.8 Å². The van der Waals surface area contributed by atoms with Gasteiger partial charge in [-0.2, -0.15) is 0 Å². The summed E-state index contributed by atoms with van der Waals surface area (Å²) in [4.78, 5) is 4.60. The van der Waals surface area contributed by atoms with Crippen LogP contribution in [-0.2, 0) is 6.54 Å². The molecule has 0 aromatic heterocycles. The molecular weight excluding hydrogens is 344 g/mol. The molecule has 6 heteroatoms. The Balaban J connectivity index is 1.64. The van der Waals surface area contributed by atoms with Crippen LogP contribution >= 0.6 is 0 Å². The molecule has 4 rings (SSSR count). The first-order valence-electron chi connectivity index (χ1n) is 9.28. The number of nitrogens with zero attached hydrogens (tertiary/aromatic N) is 2. The largest absolute Gasteiger partial charge is 0.454 e. The van der Waals surface area contributed by atoms with Gasteiger partial charge in [-0.15, -0.1) is 0 Å². The van der Waals surface area contributed by atoms with E-state index in [1.165, 1.54) is 11.3 Å². The molecule has 0 fully saturated rings. The van der Waals surface area contributed by atoms with Gasteiger partial charge in [-0.25, -0.2) is 0 Å². The Morgan fingerprint density at radius 1 is 0.815 bits per heavy atom. The summed E-state index contributed by atoms with van der Waals surface area (Å²) in [7, 11) is 2.12. The first kappa shape index (κ1) is 17.8. The number of anilines is 1. The zero-order valence-electron chi connectivity index (χ0n) is 16.4. The van der Waals surface area contributed by atoms with Crippen molar-refractivity contribution in [2.45, 2.75) is 27.3 Å². The van der Waals surface area contributed by atoms with E-state index in [9.17, 15) is 0 Å². The summed E-state index contributed by atoms with van der Waals surface area (Å²) < 4.78 is 23.5. The van der Waals surface area contributed by atoms with Gasteiger partial charge in [0.1, 0.15) is 0 Å². The van der Waals surface area contributed by atoms with E-state index in [-0.39, 0.29) is 13.6 Å². The van der Waals surface area contributed by atoms with E-state index >= 15 is 0 Å². The highest BCUT2D eigenvalue weighted by atomic mass is 16.7. The Labute approximate surface area is 160 Å². The van der Waals surface area contributed by atoms with Crippen molar-refractivity contribution in [2.75, 3.05) is 38.7 Å². The van der Waals surface area contributed by atoms with Gasteiger partial charge >= 0.3 is 0 Å². The maximum Gasteiger partial charge on any atom is 0.231 e. The quantitative estimate of drug-likeness (QED) is 0.763. The van der Waals surface area contributed by atoms with E-state index in [1.54, 1.807) is 0 Å². The van der Waals surface area contributed by atoms with E-state index < -0.39 is 0 Å². The minimum atomic E-state index is 0.0973. The van der Waals surface area contributed by atoms with Gasteiger partial charge in [-0.3, -0.25) is 4.90 Å². The number of aryl methyl sites for hydroxylation is 2. The molecule has 0 N–H and O–H groups in total. The van der Waals surface area contributed by atoms with Crippen molar-refractivity contribution in [3.8, 4) is 23.0 Å². The molecule has 0 unspecified atom stereocenters. The van der Waals surface area contributed by atoms with Crippen molar-refractivity contribution in [3.63, 3.8) is 0 Å². The maximum absolute atomic E-state index is 5.93. The van der Waals surface area contributed by atoms with Crippen LogP contribution in [0.2, 0.25) is 0 Å². The van der Waals surface area contributed by atoms with Crippen molar-refractivity contribution in [1.82, 2.24) is 4.90 Å². The van der Waals surface area contributed by atoms with Gasteiger partial charge in [-0.1, -0.05) is 0 Å². The molecule has 144 valence electrons. The zero-order chi connectivity index (χ0) is 19.0. The number of fused-ring (bicyclic) bond motifs is 3. The predicted molar refractivity (Wildman–Crippen MR) is 104 cm³/mol. The van der Waals surface area contributed by atoms with Gasteiger partial charge in [0.2, 0.25) is 13.6 Å². The Morgan fingerprint density at radius 3 is 1.89 bits per heavy atom. The third-order valence-corrected chi connectivity index (χ3v) is 5.14. The molecule has 0 saturated heterocycles. The number of hydrogen-bond donors (Lipinski definition) is 0. The number of rotatable bonds is 1. The molecule has 2 aromatic rings. The molecule has 0 atom stereocenters. The van der Waals surface area contributed by atoms with E-state index in [2.05, 4.69) is 29.8 Å². The van der Waals surface area contributed by atoms with Crippen molar-refractivity contribution in [3.05, 3.63) is 41.0 Å². The molecule has 0 aliphatic carbocycles. The highest BCUT2D eigenvalue weighted by molar-refractivity contribution is 5.63. The second kappa shape index (κ2) is 7.19. The van der Waals surface area contributed by atoms with Crippen LogP contribution in [0.4, 0.5) is 5.69 Å². The van der Waals surface area contributed by atoms with Crippen LogP contribution in [0.3, 0.4) is 0 Å². The first-order valence-corrected chi connectivity index (χ1v) is 9.28. The fraction of sp³-hybridized carbons (Fsp3) is 0.429. The van der Waals surface area contributed by atoms with Crippen LogP contribution in [0.15, 0.2) is 24.3 Å². The van der Waals surface area contributed by atoms with Gasteiger partial charge < -0.3 is 23.8 Å². The molecule has 0 amide bonds. The Kier molecular flexibility index (Phi) is 4.74. The lowest BCUT2D eigenvalue weighted by Crippen LogP contribution is -2.40. The zero-order valence-corrected chi connectivity index (χ0v) is 16.4. The number of benzene rings is 2. The summed E-state index contributed by atoms with van der Waals surface area (Å²) in [6.45, 7) is 9.16. The fourth-order valence-electron chi connectivity index (χ4n) is 3.52. The van der Waals surface area contributed by atoms with Gasteiger partial charge in [-0.05, 0) is 62.7 Å². The molecule has 27 heavy (non-hydrogen) atoms. The van der Waals surface area contributed by atoms with Crippen molar-refractivity contribution in [2.24, 2.45) is 0 Å². The van der Waals surface area contributed by atoms with Crippen molar-refractivity contribution >= 4 is 5.69 Å². The van der Waals surface area contributed by atoms with E-state index in [0.29, 0.717) is 23.0 Å². The lowest BCUT2D eigenvalue weighted by molar-refractivity contribution is 0.0720. The maximum atomic E-state index is 5.93. The van der Waals surface area contributed by atoms with Crippen LogP contribution in [-0.4, -0.2) is 38.7 Å². The molecule has 0 bridgehead atoms. The lowest BCUT2D eigenvalue weighted by Gasteiger charge is -2.36. The molecule has 6 nitrogen and oxygen atoms in total.